The topological polar surface area (TPSA) is 46.1 Å². The minimum atomic E-state index is -0.149. The zero-order valence-corrected chi connectivity index (χ0v) is 9.98. The first kappa shape index (κ1) is 10.8. The van der Waals surface area contributed by atoms with Gasteiger partial charge in [-0.1, -0.05) is 18.2 Å². The molecule has 0 spiro atoms. The molecule has 1 aliphatic heterocycles. The molecule has 1 aromatic rings. The quantitative estimate of drug-likeness (QED) is 0.790. The molecular weight excluding hydrogens is 212 g/mol. The highest BCUT2D eigenvalue weighted by molar-refractivity contribution is 5.77. The van der Waals surface area contributed by atoms with E-state index < -0.39 is 0 Å². The van der Waals surface area contributed by atoms with Crippen molar-refractivity contribution in [2.24, 2.45) is 11.7 Å². The number of benzene rings is 1. The number of nitrogens with two attached hydrogens (primary N) is 1. The summed E-state index contributed by atoms with van der Waals surface area (Å²) >= 11 is 0. The summed E-state index contributed by atoms with van der Waals surface area (Å²) in [7, 11) is 0. The summed E-state index contributed by atoms with van der Waals surface area (Å²) in [6.07, 6.45) is 2.74. The maximum Gasteiger partial charge on any atom is 0.220 e. The van der Waals surface area contributed by atoms with Crippen LogP contribution in [0.5, 0.6) is 0 Å². The van der Waals surface area contributed by atoms with Gasteiger partial charge in [0.2, 0.25) is 5.91 Å². The number of hydrogen-bond donors (Lipinski definition) is 1. The van der Waals surface area contributed by atoms with Crippen LogP contribution in [0.4, 0.5) is 0 Å². The molecule has 0 radical (unpaired) electrons. The average Bonchev–Trinajstić information content (AvgIpc) is 3.12. The Morgan fingerprint density at radius 3 is 2.88 bits per heavy atom. The molecule has 90 valence electrons. The fourth-order valence-electron chi connectivity index (χ4n) is 2.64. The van der Waals surface area contributed by atoms with E-state index in [9.17, 15) is 4.79 Å². The Morgan fingerprint density at radius 1 is 1.35 bits per heavy atom. The minimum Gasteiger partial charge on any atom is -0.369 e. The van der Waals surface area contributed by atoms with Gasteiger partial charge in [0.25, 0.3) is 0 Å². The van der Waals surface area contributed by atoms with Gasteiger partial charge in [-0.3, -0.25) is 9.69 Å². The molecule has 0 bridgehead atoms. The van der Waals surface area contributed by atoms with Crippen molar-refractivity contribution in [3.63, 3.8) is 0 Å². The number of nitrogens with zero attached hydrogens (tertiary/aromatic N) is 1. The third-order valence-electron chi connectivity index (χ3n) is 3.85. The first-order valence-corrected chi connectivity index (χ1v) is 6.35. The highest BCUT2D eigenvalue weighted by atomic mass is 16.1. The van der Waals surface area contributed by atoms with Crippen LogP contribution in [-0.2, 0) is 24.2 Å². The summed E-state index contributed by atoms with van der Waals surface area (Å²) in [6, 6.07) is 6.69. The van der Waals surface area contributed by atoms with Crippen molar-refractivity contribution >= 4 is 5.91 Å². The lowest BCUT2D eigenvalue weighted by atomic mass is 9.83. The maximum atomic E-state index is 11.2. The van der Waals surface area contributed by atoms with Crippen LogP contribution < -0.4 is 5.73 Å². The summed E-state index contributed by atoms with van der Waals surface area (Å²) in [4.78, 5) is 13.6. The second-order valence-electron chi connectivity index (χ2n) is 5.22. The lowest BCUT2D eigenvalue weighted by Crippen LogP contribution is -2.28. The standard InChI is InChI=1S/C14H18N2O/c15-14(17)13-4-3-11-7-10(9-16-5-6-16)1-2-12(11)8-13/h1-2,7,13H,3-6,8-9H2,(H2,15,17)/t13-/m0/s1. The Hall–Kier alpha value is -1.35. The fourth-order valence-corrected chi connectivity index (χ4v) is 2.64. The molecule has 0 aromatic heterocycles. The highest BCUT2D eigenvalue weighted by Gasteiger charge is 2.23. The monoisotopic (exact) mass is 230 g/mol. The van der Waals surface area contributed by atoms with Crippen molar-refractivity contribution in [2.75, 3.05) is 13.1 Å². The second kappa shape index (κ2) is 4.15. The average molecular weight is 230 g/mol. The molecular formula is C14H18N2O. The summed E-state index contributed by atoms with van der Waals surface area (Å²) in [5, 5.41) is 0. The highest BCUT2D eigenvalue weighted by Crippen LogP contribution is 2.27. The van der Waals surface area contributed by atoms with Gasteiger partial charge in [-0.2, -0.15) is 0 Å². The van der Waals surface area contributed by atoms with Gasteiger partial charge in [-0.15, -0.1) is 0 Å². The molecule has 2 N–H and O–H groups in total. The number of aryl methyl sites for hydroxylation is 1. The SMILES string of the molecule is NC(=O)[C@H]1CCc2cc(CN3CC3)ccc2C1. The zero-order chi connectivity index (χ0) is 11.8. The van der Waals surface area contributed by atoms with Crippen LogP contribution in [0, 0.1) is 5.92 Å². The molecule has 1 atom stereocenters. The molecule has 0 unspecified atom stereocenters. The summed E-state index contributed by atoms with van der Waals surface area (Å²) in [5.41, 5.74) is 9.52. The number of amides is 1. The van der Waals surface area contributed by atoms with Crippen LogP contribution in [0.2, 0.25) is 0 Å². The summed E-state index contributed by atoms with van der Waals surface area (Å²) in [6.45, 7) is 3.55. The lowest BCUT2D eigenvalue weighted by molar-refractivity contribution is -0.122. The van der Waals surface area contributed by atoms with Crippen LogP contribution >= 0.6 is 0 Å². The first-order chi connectivity index (χ1) is 8.22. The van der Waals surface area contributed by atoms with Crippen LogP contribution in [0.1, 0.15) is 23.1 Å². The molecule has 2 aliphatic rings. The van der Waals surface area contributed by atoms with E-state index in [1.807, 2.05) is 0 Å². The number of carbonyl (C=O) groups excluding carboxylic acids is 1. The Balaban J connectivity index is 1.77. The molecule has 1 aromatic carbocycles. The Morgan fingerprint density at radius 2 is 2.18 bits per heavy atom. The van der Waals surface area contributed by atoms with Crippen molar-refractivity contribution < 1.29 is 4.79 Å². The molecule has 1 heterocycles. The molecule has 3 heteroatoms. The van der Waals surface area contributed by atoms with E-state index in [4.69, 9.17) is 5.73 Å². The van der Waals surface area contributed by atoms with Crippen molar-refractivity contribution in [1.82, 2.24) is 4.90 Å². The summed E-state index contributed by atoms with van der Waals surface area (Å²) in [5.74, 6) is -0.107. The Labute approximate surface area is 102 Å². The minimum absolute atomic E-state index is 0.0422. The largest absolute Gasteiger partial charge is 0.369 e. The number of primary amides is 1. The van der Waals surface area contributed by atoms with Crippen LogP contribution in [0.15, 0.2) is 18.2 Å². The normalized spacial score (nSPS) is 23.2. The predicted molar refractivity (Wildman–Crippen MR) is 66.4 cm³/mol. The second-order valence-corrected chi connectivity index (χ2v) is 5.22. The van der Waals surface area contributed by atoms with Gasteiger partial charge in [-0.25, -0.2) is 0 Å². The number of rotatable bonds is 3. The fraction of sp³-hybridized carbons (Fsp3) is 0.500. The van der Waals surface area contributed by atoms with Crippen LogP contribution in [0.3, 0.4) is 0 Å². The van der Waals surface area contributed by atoms with Crippen molar-refractivity contribution in [1.29, 1.82) is 0 Å². The smallest absolute Gasteiger partial charge is 0.220 e. The van der Waals surface area contributed by atoms with Crippen molar-refractivity contribution in [2.45, 2.75) is 25.8 Å². The van der Waals surface area contributed by atoms with E-state index in [0.29, 0.717) is 0 Å². The molecule has 1 saturated heterocycles. The molecule has 0 saturated carbocycles. The number of carbonyl (C=O) groups is 1. The molecule has 1 aliphatic carbocycles. The van der Waals surface area contributed by atoms with Gasteiger partial charge in [0, 0.05) is 25.6 Å². The maximum absolute atomic E-state index is 11.2. The molecule has 17 heavy (non-hydrogen) atoms. The van der Waals surface area contributed by atoms with Gasteiger partial charge in [0.15, 0.2) is 0 Å². The molecule has 3 nitrogen and oxygen atoms in total. The van der Waals surface area contributed by atoms with Gasteiger partial charge < -0.3 is 5.73 Å². The predicted octanol–water partition coefficient (Wildman–Crippen LogP) is 1.09. The first-order valence-electron chi connectivity index (χ1n) is 6.35. The Bertz CT molecular complexity index is 452. The van der Waals surface area contributed by atoms with Crippen molar-refractivity contribution in [3.8, 4) is 0 Å². The zero-order valence-electron chi connectivity index (χ0n) is 9.98. The van der Waals surface area contributed by atoms with Crippen LogP contribution in [0.25, 0.3) is 0 Å². The van der Waals surface area contributed by atoms with E-state index in [0.717, 1.165) is 25.8 Å². The van der Waals surface area contributed by atoms with E-state index in [-0.39, 0.29) is 11.8 Å². The van der Waals surface area contributed by atoms with Gasteiger partial charge in [-0.05, 0) is 36.0 Å². The lowest BCUT2D eigenvalue weighted by Gasteiger charge is -2.22. The number of hydrogen-bond acceptors (Lipinski definition) is 2. The van der Waals surface area contributed by atoms with Crippen LogP contribution in [-0.4, -0.2) is 23.9 Å². The molecule has 3 rings (SSSR count). The summed E-state index contributed by atoms with van der Waals surface area (Å²) < 4.78 is 0. The van der Waals surface area contributed by atoms with E-state index >= 15 is 0 Å². The van der Waals surface area contributed by atoms with E-state index in [1.54, 1.807) is 0 Å². The molecule has 1 fully saturated rings. The third-order valence-corrected chi connectivity index (χ3v) is 3.85. The van der Waals surface area contributed by atoms with E-state index in [1.165, 1.54) is 29.8 Å². The Kier molecular flexibility index (Phi) is 2.63. The van der Waals surface area contributed by atoms with Gasteiger partial charge in [0.1, 0.15) is 0 Å². The van der Waals surface area contributed by atoms with Gasteiger partial charge in [0.05, 0.1) is 0 Å². The molecule has 1 amide bonds. The number of fused-ring (bicyclic) bond motifs is 1. The van der Waals surface area contributed by atoms with Gasteiger partial charge >= 0.3 is 0 Å². The third kappa shape index (κ3) is 2.34. The van der Waals surface area contributed by atoms with Crippen molar-refractivity contribution in [3.05, 3.63) is 34.9 Å². The van der Waals surface area contributed by atoms with E-state index in [2.05, 4.69) is 23.1 Å².